The predicted molar refractivity (Wildman–Crippen MR) is 149 cm³/mol. The topological polar surface area (TPSA) is 30.5 Å². The molecule has 2 aromatic carbocycles. The van der Waals surface area contributed by atoms with E-state index in [1.165, 1.54) is 28.2 Å². The van der Waals surface area contributed by atoms with Crippen molar-refractivity contribution < 1.29 is 0 Å². The summed E-state index contributed by atoms with van der Waals surface area (Å²) in [6, 6.07) is 15.3. The van der Waals surface area contributed by atoms with Crippen molar-refractivity contribution in [2.45, 2.75) is 46.3 Å². The zero-order valence-electron chi connectivity index (χ0n) is 20.8. The molecule has 1 atom stereocenters. The maximum absolute atomic E-state index is 6.01. The first kappa shape index (κ1) is 26.8. The second kappa shape index (κ2) is 14.7. The molecule has 1 aliphatic rings. The Morgan fingerprint density at radius 2 is 1.91 bits per heavy atom. The van der Waals surface area contributed by atoms with E-state index in [0.29, 0.717) is 12.0 Å². The van der Waals surface area contributed by atoms with Crippen molar-refractivity contribution in [3.63, 3.8) is 0 Å². The van der Waals surface area contributed by atoms with Gasteiger partial charge in [0.05, 0.1) is 17.5 Å². The molecule has 5 heteroatoms. The van der Waals surface area contributed by atoms with E-state index in [1.54, 1.807) is 6.08 Å². The van der Waals surface area contributed by atoms with Crippen LogP contribution in [0.4, 0.5) is 17.1 Å². The van der Waals surface area contributed by atoms with Crippen LogP contribution < -0.4 is 20.4 Å². The van der Waals surface area contributed by atoms with Gasteiger partial charge in [0, 0.05) is 38.2 Å². The molecule has 0 amide bonds. The van der Waals surface area contributed by atoms with Gasteiger partial charge in [0.2, 0.25) is 0 Å². The van der Waals surface area contributed by atoms with Gasteiger partial charge in [-0.15, -0.1) is 11.6 Å². The lowest BCUT2D eigenvalue weighted by atomic mass is 10.1. The molecule has 1 unspecified atom stereocenters. The first-order valence-electron chi connectivity index (χ1n) is 12.2. The molecule has 0 fully saturated rings. The third kappa shape index (κ3) is 7.83. The van der Waals surface area contributed by atoms with Gasteiger partial charge in [-0.25, -0.2) is 0 Å². The molecule has 33 heavy (non-hydrogen) atoms. The van der Waals surface area contributed by atoms with E-state index in [1.807, 2.05) is 19.9 Å². The molecule has 3 rings (SSSR count). The van der Waals surface area contributed by atoms with Crippen LogP contribution >= 0.6 is 11.6 Å². The number of nitrogens with one attached hydrogen (secondary N) is 2. The first-order chi connectivity index (χ1) is 16.2. The Bertz CT molecular complexity index is 857. The summed E-state index contributed by atoms with van der Waals surface area (Å²) in [6.07, 6.45) is 8.26. The normalized spacial score (nSPS) is 14.5. The number of nitrogens with zero attached hydrogens (tertiary/aromatic N) is 2. The van der Waals surface area contributed by atoms with Crippen LogP contribution in [0.25, 0.3) is 6.08 Å². The Morgan fingerprint density at radius 3 is 2.58 bits per heavy atom. The minimum absolute atomic E-state index is 0.303. The van der Waals surface area contributed by atoms with Gasteiger partial charge in [-0.05, 0) is 48.7 Å². The zero-order valence-corrected chi connectivity index (χ0v) is 21.5. The third-order valence-corrected chi connectivity index (χ3v) is 5.86. The highest BCUT2D eigenvalue weighted by molar-refractivity contribution is 6.18. The molecule has 0 bridgehead atoms. The fraction of sp³-hybridized carbons (Fsp3) is 0.429. The van der Waals surface area contributed by atoms with E-state index < -0.39 is 0 Å². The summed E-state index contributed by atoms with van der Waals surface area (Å²) in [6.45, 7) is 13.7. The standard InChI is InChI=1S/C26H35ClN4.C2H6/c1-4-6-7-21-8-10-22(11-9-21)20-28-16-14-26-29-24-19-23(12-13-25(24)30(26)3)31(17-5-2)18-15-27;1-2/h4,6-13,19,26,28-29H,1,5,14-18,20H2,2-3H3;1-2H3/b7-6+;. The second-order valence-electron chi connectivity index (χ2n) is 7.95. The molecule has 4 nitrogen and oxygen atoms in total. The van der Waals surface area contributed by atoms with Crippen molar-refractivity contribution in [1.29, 1.82) is 0 Å². The van der Waals surface area contributed by atoms with Gasteiger partial charge in [0.1, 0.15) is 0 Å². The van der Waals surface area contributed by atoms with Gasteiger partial charge in [-0.1, -0.05) is 69.8 Å². The predicted octanol–water partition coefficient (Wildman–Crippen LogP) is 6.73. The SMILES string of the molecule is C=C/C=C/c1ccc(CNCCC2Nc3cc(N(CCC)CCCl)ccc3N2C)cc1.CC. The first-order valence-corrected chi connectivity index (χ1v) is 12.7. The van der Waals surface area contributed by atoms with E-state index >= 15 is 0 Å². The highest BCUT2D eigenvalue weighted by Gasteiger charge is 2.25. The lowest BCUT2D eigenvalue weighted by Crippen LogP contribution is -2.35. The summed E-state index contributed by atoms with van der Waals surface area (Å²) in [5.41, 5.74) is 6.21. The van der Waals surface area contributed by atoms with E-state index in [4.69, 9.17) is 11.6 Å². The minimum atomic E-state index is 0.303. The maximum Gasteiger partial charge on any atom is 0.1000 e. The molecule has 0 aromatic heterocycles. The number of hydrogen-bond acceptors (Lipinski definition) is 4. The quantitative estimate of drug-likeness (QED) is 0.205. The van der Waals surface area contributed by atoms with E-state index in [2.05, 4.69) is 89.5 Å². The van der Waals surface area contributed by atoms with Gasteiger partial charge < -0.3 is 20.4 Å². The monoisotopic (exact) mass is 468 g/mol. The Labute approximate surface area is 206 Å². The minimum Gasteiger partial charge on any atom is -0.370 e. The van der Waals surface area contributed by atoms with Crippen molar-refractivity contribution >= 4 is 34.7 Å². The van der Waals surface area contributed by atoms with Crippen LogP contribution in [-0.2, 0) is 6.54 Å². The van der Waals surface area contributed by atoms with Crippen LogP contribution in [0.5, 0.6) is 0 Å². The van der Waals surface area contributed by atoms with Crippen molar-refractivity contribution in [2.75, 3.05) is 47.7 Å². The average molecular weight is 469 g/mol. The van der Waals surface area contributed by atoms with Crippen molar-refractivity contribution in [2.24, 2.45) is 0 Å². The number of anilines is 3. The lowest BCUT2D eigenvalue weighted by molar-refractivity contribution is 0.588. The summed E-state index contributed by atoms with van der Waals surface area (Å²) in [4.78, 5) is 4.70. The van der Waals surface area contributed by atoms with E-state index in [0.717, 1.165) is 39.0 Å². The van der Waals surface area contributed by atoms with Crippen LogP contribution in [-0.4, -0.2) is 38.7 Å². The Morgan fingerprint density at radius 1 is 1.15 bits per heavy atom. The van der Waals surface area contributed by atoms with Crippen molar-refractivity contribution in [3.8, 4) is 0 Å². The van der Waals surface area contributed by atoms with Crippen LogP contribution in [0.1, 0.15) is 44.7 Å². The summed E-state index contributed by atoms with van der Waals surface area (Å²) in [5.74, 6) is 0.646. The summed E-state index contributed by atoms with van der Waals surface area (Å²) in [7, 11) is 2.17. The summed E-state index contributed by atoms with van der Waals surface area (Å²) < 4.78 is 0. The van der Waals surface area contributed by atoms with Gasteiger partial charge in [-0.3, -0.25) is 0 Å². The summed E-state index contributed by atoms with van der Waals surface area (Å²) >= 11 is 6.01. The van der Waals surface area contributed by atoms with Crippen molar-refractivity contribution in [1.82, 2.24) is 5.32 Å². The number of rotatable bonds is 12. The fourth-order valence-corrected chi connectivity index (χ4v) is 4.20. The molecule has 1 aliphatic heterocycles. The molecular weight excluding hydrogens is 428 g/mol. The number of alkyl halides is 1. The third-order valence-electron chi connectivity index (χ3n) is 5.69. The number of fused-ring (bicyclic) bond motifs is 1. The Hall–Kier alpha value is -2.43. The maximum atomic E-state index is 6.01. The molecular formula is C28H41ClN4. The molecule has 0 saturated heterocycles. The molecule has 0 saturated carbocycles. The molecule has 2 N–H and O–H groups in total. The van der Waals surface area contributed by atoms with Gasteiger partial charge >= 0.3 is 0 Å². The van der Waals surface area contributed by atoms with Crippen LogP contribution in [0.15, 0.2) is 61.2 Å². The number of halogens is 1. The Balaban J connectivity index is 0.00000187. The second-order valence-corrected chi connectivity index (χ2v) is 8.33. The largest absolute Gasteiger partial charge is 0.370 e. The van der Waals surface area contributed by atoms with Crippen molar-refractivity contribution in [3.05, 3.63) is 72.3 Å². The molecule has 1 heterocycles. The van der Waals surface area contributed by atoms with Crippen LogP contribution in [0.3, 0.4) is 0 Å². The molecule has 180 valence electrons. The van der Waals surface area contributed by atoms with Gasteiger partial charge in [0.25, 0.3) is 0 Å². The fourth-order valence-electron chi connectivity index (χ4n) is 3.99. The van der Waals surface area contributed by atoms with Gasteiger partial charge in [0.15, 0.2) is 0 Å². The number of hydrogen-bond donors (Lipinski definition) is 2. The van der Waals surface area contributed by atoms with Crippen LogP contribution in [0, 0.1) is 0 Å². The molecule has 0 spiro atoms. The highest BCUT2D eigenvalue weighted by Crippen LogP contribution is 2.37. The highest BCUT2D eigenvalue weighted by atomic mass is 35.5. The molecule has 0 aliphatic carbocycles. The van der Waals surface area contributed by atoms with E-state index in [-0.39, 0.29) is 0 Å². The lowest BCUT2D eigenvalue weighted by Gasteiger charge is -2.24. The number of benzene rings is 2. The average Bonchev–Trinajstić information content (AvgIpc) is 3.17. The van der Waals surface area contributed by atoms with Crippen LogP contribution in [0.2, 0.25) is 0 Å². The zero-order chi connectivity index (χ0) is 24.1. The molecule has 2 aromatic rings. The van der Waals surface area contributed by atoms with E-state index in [9.17, 15) is 0 Å². The smallest absolute Gasteiger partial charge is 0.1000 e. The van der Waals surface area contributed by atoms with Gasteiger partial charge in [-0.2, -0.15) is 0 Å². The number of allylic oxidation sites excluding steroid dienone is 2. The summed E-state index contributed by atoms with van der Waals surface area (Å²) in [5, 5.41) is 7.28. The molecule has 0 radical (unpaired) electrons. The Kier molecular flexibility index (Phi) is 11.9.